The fourth-order valence-electron chi connectivity index (χ4n) is 2.07. The Morgan fingerprint density at radius 1 is 1.37 bits per heavy atom. The molecule has 1 saturated carbocycles. The summed E-state index contributed by atoms with van der Waals surface area (Å²) in [7, 11) is 0. The molecule has 0 atom stereocenters. The summed E-state index contributed by atoms with van der Waals surface area (Å²) in [5.74, 6) is -0.972. The van der Waals surface area contributed by atoms with Crippen molar-refractivity contribution in [1.82, 2.24) is 5.32 Å². The highest BCUT2D eigenvalue weighted by molar-refractivity contribution is 5.95. The molecular formula is C14H18N2O3. The highest BCUT2D eigenvalue weighted by Gasteiger charge is 2.51. The summed E-state index contributed by atoms with van der Waals surface area (Å²) in [5.41, 5.74) is 1.96. The van der Waals surface area contributed by atoms with Crippen LogP contribution in [0.4, 0.5) is 10.5 Å². The normalized spacial score (nSPS) is 15.7. The average molecular weight is 262 g/mol. The molecule has 19 heavy (non-hydrogen) atoms. The first-order valence-corrected chi connectivity index (χ1v) is 6.39. The van der Waals surface area contributed by atoms with Gasteiger partial charge in [-0.1, -0.05) is 13.0 Å². The van der Waals surface area contributed by atoms with E-state index in [1.54, 1.807) is 0 Å². The molecular weight excluding hydrogens is 244 g/mol. The summed E-state index contributed by atoms with van der Waals surface area (Å²) in [5, 5.41) is 14.2. The Bertz CT molecular complexity index is 521. The van der Waals surface area contributed by atoms with Crippen LogP contribution in [0, 0.1) is 6.92 Å². The summed E-state index contributed by atoms with van der Waals surface area (Å²) < 4.78 is 0. The average Bonchev–Trinajstić information content (AvgIpc) is 3.10. The second-order valence-corrected chi connectivity index (χ2v) is 4.96. The molecule has 0 heterocycles. The van der Waals surface area contributed by atoms with Crippen molar-refractivity contribution >= 4 is 17.7 Å². The number of hydrogen-bond donors (Lipinski definition) is 3. The lowest BCUT2D eigenvalue weighted by Crippen LogP contribution is -2.45. The van der Waals surface area contributed by atoms with Gasteiger partial charge in [-0.3, -0.25) is 0 Å². The Morgan fingerprint density at radius 3 is 2.53 bits per heavy atom. The highest BCUT2D eigenvalue weighted by atomic mass is 16.4. The number of urea groups is 1. The standard InChI is InChI=1S/C14H18N2O3/c1-3-10-4-5-11(8-9(10)2)15-13(19)16-14(6-7-14)12(17)18/h4-5,8H,3,6-7H2,1-2H3,(H,17,18)(H2,15,16,19). The molecule has 0 aliphatic heterocycles. The van der Waals surface area contributed by atoms with E-state index < -0.39 is 17.5 Å². The zero-order valence-electron chi connectivity index (χ0n) is 11.1. The van der Waals surface area contributed by atoms with Crippen molar-refractivity contribution in [1.29, 1.82) is 0 Å². The van der Waals surface area contributed by atoms with E-state index in [9.17, 15) is 9.59 Å². The van der Waals surface area contributed by atoms with Gasteiger partial charge in [-0.25, -0.2) is 9.59 Å². The Morgan fingerprint density at radius 2 is 2.05 bits per heavy atom. The minimum atomic E-state index is -1.05. The van der Waals surface area contributed by atoms with Gasteiger partial charge in [0.25, 0.3) is 0 Å². The number of aryl methyl sites for hydroxylation is 2. The maximum absolute atomic E-state index is 11.8. The lowest BCUT2D eigenvalue weighted by atomic mass is 10.1. The Hall–Kier alpha value is -2.04. The fraction of sp³-hybridized carbons (Fsp3) is 0.429. The summed E-state index contributed by atoms with van der Waals surface area (Å²) in [6, 6.07) is 5.21. The van der Waals surface area contributed by atoms with Crippen LogP contribution in [0.2, 0.25) is 0 Å². The molecule has 1 aliphatic rings. The second-order valence-electron chi connectivity index (χ2n) is 4.96. The molecule has 1 aliphatic carbocycles. The van der Waals surface area contributed by atoms with E-state index in [-0.39, 0.29) is 0 Å². The largest absolute Gasteiger partial charge is 0.480 e. The minimum absolute atomic E-state index is 0.469. The zero-order chi connectivity index (χ0) is 14.0. The molecule has 0 bridgehead atoms. The molecule has 1 fully saturated rings. The van der Waals surface area contributed by atoms with Gasteiger partial charge in [0.1, 0.15) is 5.54 Å². The topological polar surface area (TPSA) is 78.4 Å². The molecule has 1 aromatic carbocycles. The predicted molar refractivity (Wildman–Crippen MR) is 72.3 cm³/mol. The maximum Gasteiger partial charge on any atom is 0.329 e. The molecule has 5 heteroatoms. The first-order valence-electron chi connectivity index (χ1n) is 6.39. The molecule has 1 aromatic rings. The van der Waals surface area contributed by atoms with Crippen LogP contribution >= 0.6 is 0 Å². The molecule has 3 N–H and O–H groups in total. The molecule has 102 valence electrons. The summed E-state index contributed by atoms with van der Waals surface area (Å²) in [6.07, 6.45) is 1.92. The summed E-state index contributed by atoms with van der Waals surface area (Å²) in [6.45, 7) is 4.06. The van der Waals surface area contributed by atoms with E-state index in [1.807, 2.05) is 25.1 Å². The van der Waals surface area contributed by atoms with Gasteiger partial charge in [0.05, 0.1) is 0 Å². The first kappa shape index (κ1) is 13.4. The fourth-order valence-corrected chi connectivity index (χ4v) is 2.07. The SMILES string of the molecule is CCc1ccc(NC(=O)NC2(C(=O)O)CC2)cc1C. The van der Waals surface area contributed by atoms with Crippen LogP contribution in [0.25, 0.3) is 0 Å². The van der Waals surface area contributed by atoms with Gasteiger partial charge in [0.15, 0.2) is 0 Å². The molecule has 0 radical (unpaired) electrons. The number of benzene rings is 1. The number of carboxylic acids is 1. The Balaban J connectivity index is 2.00. The quantitative estimate of drug-likeness (QED) is 0.779. The Kier molecular flexibility index (Phi) is 3.46. The number of amides is 2. The van der Waals surface area contributed by atoms with E-state index in [1.165, 1.54) is 5.56 Å². The van der Waals surface area contributed by atoms with E-state index >= 15 is 0 Å². The smallest absolute Gasteiger partial charge is 0.329 e. The van der Waals surface area contributed by atoms with Gasteiger partial charge in [-0.2, -0.15) is 0 Å². The van der Waals surface area contributed by atoms with Crippen LogP contribution in [0.1, 0.15) is 30.9 Å². The number of carboxylic acid groups (broad SMARTS) is 1. The first-order chi connectivity index (χ1) is 8.97. The van der Waals surface area contributed by atoms with Gasteiger partial charge < -0.3 is 15.7 Å². The molecule has 2 amide bonds. The second kappa shape index (κ2) is 4.91. The van der Waals surface area contributed by atoms with Crippen LogP contribution in [0.15, 0.2) is 18.2 Å². The summed E-state index contributed by atoms with van der Waals surface area (Å²) >= 11 is 0. The van der Waals surface area contributed by atoms with Gasteiger partial charge >= 0.3 is 12.0 Å². The van der Waals surface area contributed by atoms with Crippen molar-refractivity contribution in [3.63, 3.8) is 0 Å². The lowest BCUT2D eigenvalue weighted by Gasteiger charge is -2.14. The van der Waals surface area contributed by atoms with Crippen molar-refractivity contribution in [2.75, 3.05) is 5.32 Å². The van der Waals surface area contributed by atoms with Crippen LogP contribution in [0.5, 0.6) is 0 Å². The predicted octanol–water partition coefficient (Wildman–Crippen LogP) is 2.30. The van der Waals surface area contributed by atoms with E-state index in [0.717, 1.165) is 12.0 Å². The molecule has 0 spiro atoms. The molecule has 0 saturated heterocycles. The number of hydrogen-bond acceptors (Lipinski definition) is 2. The van der Waals surface area contributed by atoms with Crippen LogP contribution < -0.4 is 10.6 Å². The van der Waals surface area contributed by atoms with Gasteiger partial charge in [0.2, 0.25) is 0 Å². The van der Waals surface area contributed by atoms with Crippen LogP contribution in [-0.4, -0.2) is 22.6 Å². The Labute approximate surface area is 112 Å². The van der Waals surface area contributed by atoms with E-state index in [0.29, 0.717) is 18.5 Å². The van der Waals surface area contributed by atoms with Crippen molar-refractivity contribution in [3.05, 3.63) is 29.3 Å². The summed E-state index contributed by atoms with van der Waals surface area (Å²) in [4.78, 5) is 22.7. The van der Waals surface area contributed by atoms with Crippen LogP contribution in [0.3, 0.4) is 0 Å². The third-order valence-corrected chi connectivity index (χ3v) is 3.49. The molecule has 0 unspecified atom stereocenters. The van der Waals surface area contributed by atoms with Crippen molar-refractivity contribution in [3.8, 4) is 0 Å². The number of anilines is 1. The molecule has 5 nitrogen and oxygen atoms in total. The van der Waals surface area contributed by atoms with E-state index in [2.05, 4.69) is 17.6 Å². The van der Waals surface area contributed by atoms with Crippen LogP contribution in [-0.2, 0) is 11.2 Å². The number of nitrogens with one attached hydrogen (secondary N) is 2. The highest BCUT2D eigenvalue weighted by Crippen LogP contribution is 2.35. The minimum Gasteiger partial charge on any atom is -0.480 e. The van der Waals surface area contributed by atoms with Crippen molar-refractivity contribution in [2.24, 2.45) is 0 Å². The van der Waals surface area contributed by atoms with Gasteiger partial charge in [0, 0.05) is 5.69 Å². The van der Waals surface area contributed by atoms with Crippen molar-refractivity contribution in [2.45, 2.75) is 38.6 Å². The molecule has 0 aromatic heterocycles. The molecule has 2 rings (SSSR count). The third kappa shape index (κ3) is 2.86. The van der Waals surface area contributed by atoms with Gasteiger partial charge in [-0.05, 0) is 49.4 Å². The number of rotatable bonds is 4. The monoisotopic (exact) mass is 262 g/mol. The van der Waals surface area contributed by atoms with E-state index in [4.69, 9.17) is 5.11 Å². The maximum atomic E-state index is 11.8. The number of carbonyl (C=O) groups is 2. The van der Waals surface area contributed by atoms with Gasteiger partial charge in [-0.15, -0.1) is 0 Å². The van der Waals surface area contributed by atoms with Crippen molar-refractivity contribution < 1.29 is 14.7 Å². The number of carbonyl (C=O) groups excluding carboxylic acids is 1. The zero-order valence-corrected chi connectivity index (χ0v) is 11.1. The lowest BCUT2D eigenvalue weighted by molar-refractivity contribution is -0.140. The third-order valence-electron chi connectivity index (χ3n) is 3.49. The number of aliphatic carboxylic acids is 1.